The topological polar surface area (TPSA) is 95.6 Å². The van der Waals surface area contributed by atoms with E-state index in [4.69, 9.17) is 28.9 Å². The number of carbonyl (C=O) groups is 1. The zero-order chi connectivity index (χ0) is 21.4. The SMILES string of the molecule is CC(c1ccccc1)C(CCCCNCC(O)c1cc(Cl)c(N)c(Cl)c1)C(=O)O. The van der Waals surface area contributed by atoms with Gasteiger partial charge in [0, 0.05) is 6.54 Å². The fraction of sp³-hybridized carbons (Fsp3) is 0.409. The molecular formula is C22H28Cl2N2O3. The van der Waals surface area contributed by atoms with Gasteiger partial charge in [0.1, 0.15) is 0 Å². The maximum absolute atomic E-state index is 11.7. The molecule has 0 heterocycles. The van der Waals surface area contributed by atoms with Crippen LogP contribution in [0.25, 0.3) is 0 Å². The number of aliphatic hydroxyl groups excluding tert-OH is 1. The fourth-order valence-electron chi connectivity index (χ4n) is 3.34. The number of hydrogen-bond acceptors (Lipinski definition) is 4. The average Bonchev–Trinajstić information content (AvgIpc) is 2.70. The van der Waals surface area contributed by atoms with E-state index >= 15 is 0 Å². The molecule has 2 aromatic carbocycles. The van der Waals surface area contributed by atoms with Crippen LogP contribution in [0, 0.1) is 5.92 Å². The molecular weight excluding hydrogens is 411 g/mol. The summed E-state index contributed by atoms with van der Waals surface area (Å²) in [6, 6.07) is 13.0. The molecule has 3 atom stereocenters. The largest absolute Gasteiger partial charge is 0.481 e. The molecule has 0 spiro atoms. The van der Waals surface area contributed by atoms with Gasteiger partial charge in [-0.3, -0.25) is 4.79 Å². The number of carboxylic acid groups (broad SMARTS) is 1. The van der Waals surface area contributed by atoms with Gasteiger partial charge in [-0.25, -0.2) is 0 Å². The Bertz CT molecular complexity index is 779. The zero-order valence-electron chi connectivity index (χ0n) is 16.4. The molecule has 7 heteroatoms. The first kappa shape index (κ1) is 23.5. The molecule has 0 amide bonds. The summed E-state index contributed by atoms with van der Waals surface area (Å²) in [4.78, 5) is 11.7. The molecule has 0 saturated carbocycles. The van der Waals surface area contributed by atoms with Crippen molar-refractivity contribution in [1.29, 1.82) is 0 Å². The molecule has 5 nitrogen and oxygen atoms in total. The molecule has 5 N–H and O–H groups in total. The van der Waals surface area contributed by atoms with Gasteiger partial charge >= 0.3 is 5.97 Å². The lowest BCUT2D eigenvalue weighted by Crippen LogP contribution is -2.24. The number of carboxylic acids is 1. The van der Waals surface area contributed by atoms with Gasteiger partial charge in [-0.05, 0) is 48.6 Å². The molecule has 29 heavy (non-hydrogen) atoms. The van der Waals surface area contributed by atoms with Gasteiger partial charge in [-0.2, -0.15) is 0 Å². The average molecular weight is 439 g/mol. The Morgan fingerprint density at radius 2 is 1.72 bits per heavy atom. The molecule has 0 aromatic heterocycles. The predicted octanol–water partition coefficient (Wildman–Crippen LogP) is 4.87. The van der Waals surface area contributed by atoms with Crippen LogP contribution in [0.1, 0.15) is 49.3 Å². The van der Waals surface area contributed by atoms with Gasteiger partial charge in [-0.1, -0.05) is 66.9 Å². The normalized spacial score (nSPS) is 14.3. The number of unbranched alkanes of at least 4 members (excludes halogenated alkanes) is 1. The van der Waals surface area contributed by atoms with Crippen molar-refractivity contribution in [2.75, 3.05) is 18.8 Å². The quantitative estimate of drug-likeness (QED) is 0.296. The summed E-state index contributed by atoms with van der Waals surface area (Å²) in [6.07, 6.45) is 1.46. The summed E-state index contributed by atoms with van der Waals surface area (Å²) < 4.78 is 0. The highest BCUT2D eigenvalue weighted by Crippen LogP contribution is 2.31. The summed E-state index contributed by atoms with van der Waals surface area (Å²) in [6.45, 7) is 2.99. The molecule has 0 aliphatic carbocycles. The van der Waals surface area contributed by atoms with E-state index in [1.54, 1.807) is 12.1 Å². The van der Waals surface area contributed by atoms with E-state index in [9.17, 15) is 15.0 Å². The number of benzene rings is 2. The third kappa shape index (κ3) is 6.89. The van der Waals surface area contributed by atoms with Crippen molar-refractivity contribution in [3.05, 3.63) is 63.6 Å². The van der Waals surface area contributed by atoms with Gasteiger partial charge in [-0.15, -0.1) is 0 Å². The first-order valence-electron chi connectivity index (χ1n) is 9.72. The Kier molecular flexibility index (Phi) is 9.24. The second-order valence-electron chi connectivity index (χ2n) is 7.26. The van der Waals surface area contributed by atoms with Crippen LogP contribution in [-0.2, 0) is 4.79 Å². The number of hydrogen-bond donors (Lipinski definition) is 4. The standard InChI is InChI=1S/C22H28Cl2N2O3/c1-14(15-7-3-2-4-8-15)17(22(28)29)9-5-6-10-26-13-20(27)16-11-18(23)21(25)19(24)12-16/h2-4,7-8,11-12,14,17,20,26-27H,5-6,9-10,13,25H2,1H3,(H,28,29). The van der Waals surface area contributed by atoms with Crippen LogP contribution in [0.3, 0.4) is 0 Å². The maximum Gasteiger partial charge on any atom is 0.307 e. The highest BCUT2D eigenvalue weighted by atomic mass is 35.5. The number of nitrogens with two attached hydrogens (primary N) is 1. The molecule has 0 saturated heterocycles. The summed E-state index contributed by atoms with van der Waals surface area (Å²) in [5.74, 6) is -1.22. The Morgan fingerprint density at radius 3 is 2.31 bits per heavy atom. The third-order valence-corrected chi connectivity index (χ3v) is 5.81. The van der Waals surface area contributed by atoms with Crippen LogP contribution in [0.4, 0.5) is 5.69 Å². The second-order valence-corrected chi connectivity index (χ2v) is 8.07. The predicted molar refractivity (Wildman–Crippen MR) is 119 cm³/mol. The fourth-order valence-corrected chi connectivity index (χ4v) is 3.85. The van der Waals surface area contributed by atoms with E-state index in [0.717, 1.165) is 18.4 Å². The van der Waals surface area contributed by atoms with Gasteiger partial charge in [0.05, 0.1) is 27.8 Å². The smallest absolute Gasteiger partial charge is 0.307 e. The Balaban J connectivity index is 1.74. The number of halogens is 2. The van der Waals surface area contributed by atoms with Crippen molar-refractivity contribution in [3.8, 4) is 0 Å². The Hall–Kier alpha value is -1.79. The first-order valence-corrected chi connectivity index (χ1v) is 10.5. The molecule has 3 unspecified atom stereocenters. The van der Waals surface area contributed by atoms with E-state index in [0.29, 0.717) is 40.8 Å². The van der Waals surface area contributed by atoms with Crippen molar-refractivity contribution in [1.82, 2.24) is 5.32 Å². The van der Waals surface area contributed by atoms with Crippen LogP contribution >= 0.6 is 23.2 Å². The summed E-state index contributed by atoms with van der Waals surface area (Å²) in [5, 5.41) is 23.7. The molecule has 0 aliphatic rings. The second kappa shape index (κ2) is 11.4. The maximum atomic E-state index is 11.7. The highest BCUT2D eigenvalue weighted by Gasteiger charge is 2.25. The van der Waals surface area contributed by atoms with E-state index in [1.807, 2.05) is 37.3 Å². The molecule has 0 aliphatic heterocycles. The number of nitrogen functional groups attached to an aromatic ring is 1. The van der Waals surface area contributed by atoms with Gasteiger partial charge < -0.3 is 21.3 Å². The summed E-state index contributed by atoms with van der Waals surface area (Å²) >= 11 is 12.0. The Labute approximate surface area is 181 Å². The van der Waals surface area contributed by atoms with Crippen LogP contribution in [0.2, 0.25) is 10.0 Å². The van der Waals surface area contributed by atoms with Crippen molar-refractivity contribution in [3.63, 3.8) is 0 Å². The van der Waals surface area contributed by atoms with E-state index < -0.39 is 18.0 Å². The summed E-state index contributed by atoms with van der Waals surface area (Å²) in [5.41, 5.74) is 7.65. The number of aliphatic hydroxyl groups is 1. The monoisotopic (exact) mass is 438 g/mol. The lowest BCUT2D eigenvalue weighted by Gasteiger charge is -2.20. The lowest BCUT2D eigenvalue weighted by atomic mass is 9.84. The summed E-state index contributed by atoms with van der Waals surface area (Å²) in [7, 11) is 0. The number of rotatable bonds is 11. The molecule has 158 valence electrons. The molecule has 0 bridgehead atoms. The van der Waals surface area contributed by atoms with Crippen molar-refractivity contribution in [2.45, 2.75) is 38.2 Å². The van der Waals surface area contributed by atoms with Crippen molar-refractivity contribution in [2.24, 2.45) is 5.92 Å². The zero-order valence-corrected chi connectivity index (χ0v) is 18.0. The van der Waals surface area contributed by atoms with E-state index in [1.165, 1.54) is 0 Å². The van der Waals surface area contributed by atoms with Crippen LogP contribution in [0.15, 0.2) is 42.5 Å². The number of anilines is 1. The molecule has 2 rings (SSSR count). The minimum atomic E-state index is -0.762. The molecule has 0 fully saturated rings. The van der Waals surface area contributed by atoms with Gasteiger partial charge in [0.25, 0.3) is 0 Å². The van der Waals surface area contributed by atoms with E-state index in [2.05, 4.69) is 5.32 Å². The van der Waals surface area contributed by atoms with Gasteiger partial charge in [0.2, 0.25) is 0 Å². The molecule has 2 aromatic rings. The first-order chi connectivity index (χ1) is 13.8. The minimum absolute atomic E-state index is 0.0384. The number of aliphatic carboxylic acids is 1. The van der Waals surface area contributed by atoms with Gasteiger partial charge in [0.15, 0.2) is 0 Å². The van der Waals surface area contributed by atoms with Crippen LogP contribution < -0.4 is 11.1 Å². The Morgan fingerprint density at radius 1 is 1.10 bits per heavy atom. The molecule has 0 radical (unpaired) electrons. The van der Waals surface area contributed by atoms with Crippen LogP contribution in [0.5, 0.6) is 0 Å². The lowest BCUT2D eigenvalue weighted by molar-refractivity contribution is -0.142. The van der Waals surface area contributed by atoms with E-state index in [-0.39, 0.29) is 5.92 Å². The van der Waals surface area contributed by atoms with Crippen molar-refractivity contribution < 1.29 is 15.0 Å². The minimum Gasteiger partial charge on any atom is -0.481 e. The van der Waals surface area contributed by atoms with Crippen molar-refractivity contribution >= 4 is 34.9 Å². The van der Waals surface area contributed by atoms with Crippen LogP contribution in [-0.4, -0.2) is 29.3 Å². The highest BCUT2D eigenvalue weighted by molar-refractivity contribution is 6.38. The number of nitrogens with one attached hydrogen (secondary N) is 1. The third-order valence-electron chi connectivity index (χ3n) is 5.19.